The predicted octanol–water partition coefficient (Wildman–Crippen LogP) is 2.42. The number of hydrogen-bond acceptors (Lipinski definition) is 8. The molecule has 33 heavy (non-hydrogen) atoms. The van der Waals surface area contributed by atoms with E-state index in [9.17, 15) is 14.4 Å². The second kappa shape index (κ2) is 10.9. The van der Waals surface area contributed by atoms with Gasteiger partial charge < -0.3 is 24.3 Å². The van der Waals surface area contributed by atoms with Gasteiger partial charge in [-0.15, -0.1) is 0 Å². The van der Waals surface area contributed by atoms with Crippen molar-refractivity contribution in [2.45, 2.75) is 44.8 Å². The molecular weight excluding hydrogens is 428 g/mol. The normalized spacial score (nSPS) is 17.9. The molecule has 3 atom stereocenters. The Kier molecular flexibility index (Phi) is 8.00. The Hall–Kier alpha value is -3.46. The van der Waals surface area contributed by atoms with Gasteiger partial charge in [0.15, 0.2) is 11.4 Å². The topological polar surface area (TPSA) is 113 Å². The van der Waals surface area contributed by atoms with Crippen molar-refractivity contribution in [1.29, 1.82) is 0 Å². The van der Waals surface area contributed by atoms with Crippen molar-refractivity contribution in [3.8, 4) is 11.5 Å². The van der Waals surface area contributed by atoms with Crippen LogP contribution >= 0.6 is 0 Å². The Balaban J connectivity index is 1.68. The molecule has 1 aromatic carbocycles. The highest BCUT2D eigenvalue weighted by atomic mass is 16.6. The molecule has 1 N–H and O–H groups in total. The number of rotatable bonds is 8. The summed E-state index contributed by atoms with van der Waals surface area (Å²) in [5.41, 5.74) is 2.23. The molecule has 0 saturated heterocycles. The molecule has 0 aliphatic heterocycles. The van der Waals surface area contributed by atoms with Crippen LogP contribution in [0.5, 0.6) is 11.5 Å². The van der Waals surface area contributed by atoms with E-state index >= 15 is 0 Å². The van der Waals surface area contributed by atoms with Gasteiger partial charge in [-0.2, -0.15) is 0 Å². The van der Waals surface area contributed by atoms with Crippen molar-refractivity contribution in [3.05, 3.63) is 53.3 Å². The number of fused-ring (bicyclic) bond motifs is 1. The summed E-state index contributed by atoms with van der Waals surface area (Å²) >= 11 is 0. The lowest BCUT2D eigenvalue weighted by molar-refractivity contribution is -0.152. The fourth-order valence-corrected chi connectivity index (χ4v) is 3.80. The van der Waals surface area contributed by atoms with Crippen LogP contribution in [0.25, 0.3) is 0 Å². The Bertz CT molecular complexity index is 1020. The number of amides is 1. The number of nitrogens with zero attached hydrogens (tertiary/aromatic N) is 1. The summed E-state index contributed by atoms with van der Waals surface area (Å²) in [5, 5.41) is 2.56. The number of esters is 2. The van der Waals surface area contributed by atoms with Crippen LogP contribution in [-0.2, 0) is 25.5 Å². The summed E-state index contributed by atoms with van der Waals surface area (Å²) in [6.45, 7) is 3.24. The maximum absolute atomic E-state index is 12.8. The van der Waals surface area contributed by atoms with Gasteiger partial charge in [0.2, 0.25) is 5.75 Å². The molecule has 1 aliphatic carbocycles. The number of nitrogens with one attached hydrogen (secondary N) is 1. The molecule has 3 rings (SSSR count). The molecule has 1 amide bonds. The molecule has 0 fully saturated rings. The van der Waals surface area contributed by atoms with Crippen molar-refractivity contribution < 1.29 is 33.3 Å². The molecule has 9 nitrogen and oxygen atoms in total. The van der Waals surface area contributed by atoms with E-state index in [1.807, 2.05) is 25.1 Å². The summed E-state index contributed by atoms with van der Waals surface area (Å²) in [4.78, 5) is 41.5. The smallest absolute Gasteiger partial charge is 0.337 e. The highest BCUT2D eigenvalue weighted by Gasteiger charge is 2.31. The monoisotopic (exact) mass is 456 g/mol. The van der Waals surface area contributed by atoms with Gasteiger partial charge >= 0.3 is 11.9 Å². The molecule has 1 heterocycles. The minimum Gasteiger partial charge on any atom is -0.493 e. The van der Waals surface area contributed by atoms with E-state index in [4.69, 9.17) is 18.9 Å². The molecule has 2 aromatic rings. The van der Waals surface area contributed by atoms with Gasteiger partial charge in [0.1, 0.15) is 18.8 Å². The van der Waals surface area contributed by atoms with Crippen LogP contribution < -0.4 is 14.8 Å². The Morgan fingerprint density at radius 1 is 1.18 bits per heavy atom. The molecule has 0 radical (unpaired) electrons. The number of aryl methyl sites for hydroxylation is 1. The van der Waals surface area contributed by atoms with Crippen molar-refractivity contribution in [2.24, 2.45) is 0 Å². The number of benzene rings is 1. The summed E-state index contributed by atoms with van der Waals surface area (Å²) in [5.74, 6) is -1.95. The first-order chi connectivity index (χ1) is 15.8. The first-order valence-electron chi connectivity index (χ1n) is 10.7. The first-order valence-corrected chi connectivity index (χ1v) is 10.7. The van der Waals surface area contributed by atoms with Crippen LogP contribution in [0.3, 0.4) is 0 Å². The summed E-state index contributed by atoms with van der Waals surface area (Å²) in [6, 6.07) is 8.62. The van der Waals surface area contributed by atoms with Gasteiger partial charge in [0.05, 0.1) is 7.11 Å². The minimum atomic E-state index is -0.947. The lowest BCUT2D eigenvalue weighted by atomic mass is 9.82. The van der Waals surface area contributed by atoms with E-state index < -0.39 is 23.9 Å². The maximum Gasteiger partial charge on any atom is 0.337 e. The molecular formula is C24H28N2O7. The van der Waals surface area contributed by atoms with Crippen LogP contribution in [0.1, 0.15) is 47.8 Å². The zero-order chi connectivity index (χ0) is 24.0. The average molecular weight is 456 g/mol. The van der Waals surface area contributed by atoms with Gasteiger partial charge in [-0.3, -0.25) is 4.79 Å². The fourth-order valence-electron chi connectivity index (χ4n) is 3.80. The zero-order valence-electron chi connectivity index (χ0n) is 19.1. The highest BCUT2D eigenvalue weighted by molar-refractivity contribution is 5.98. The lowest BCUT2D eigenvalue weighted by Gasteiger charge is -2.31. The molecule has 1 aliphatic rings. The van der Waals surface area contributed by atoms with Crippen molar-refractivity contribution in [3.63, 3.8) is 0 Å². The standard InChI is InChI=1S/C24H28N2O7/c1-14-17-8-6-5-7-16(17)9-10-18(14)32-24(29)15(2)26-23(28)21-22(33-20(27)13-30-3)19(31-4)11-12-25-21/h5-8,11-12,14-15,18H,9-10,13H2,1-4H3,(H,26,28)/t14?,15-,18?/m0/s1. The molecule has 1 aromatic heterocycles. The summed E-state index contributed by atoms with van der Waals surface area (Å²) in [6.07, 6.45) is 2.59. The van der Waals surface area contributed by atoms with Crippen LogP contribution in [0.15, 0.2) is 36.5 Å². The third-order valence-corrected chi connectivity index (χ3v) is 5.55. The van der Waals surface area contributed by atoms with Crippen LogP contribution in [0.4, 0.5) is 0 Å². The quantitative estimate of drug-likeness (QED) is 0.603. The van der Waals surface area contributed by atoms with E-state index in [1.165, 1.54) is 44.5 Å². The second-order valence-corrected chi connectivity index (χ2v) is 7.79. The average Bonchev–Trinajstić information content (AvgIpc) is 2.81. The van der Waals surface area contributed by atoms with E-state index in [2.05, 4.69) is 16.4 Å². The molecule has 9 heteroatoms. The van der Waals surface area contributed by atoms with E-state index in [0.29, 0.717) is 6.42 Å². The summed E-state index contributed by atoms with van der Waals surface area (Å²) in [7, 11) is 2.71. The number of methoxy groups -OCH3 is 2. The van der Waals surface area contributed by atoms with Gasteiger partial charge in [0.25, 0.3) is 5.91 Å². The number of carbonyl (C=O) groups is 3. The fraction of sp³-hybridized carbons (Fsp3) is 0.417. The molecule has 0 spiro atoms. The largest absolute Gasteiger partial charge is 0.493 e. The second-order valence-electron chi connectivity index (χ2n) is 7.79. The third-order valence-electron chi connectivity index (χ3n) is 5.55. The van der Waals surface area contributed by atoms with Crippen LogP contribution in [0.2, 0.25) is 0 Å². The third kappa shape index (κ3) is 5.67. The number of carbonyl (C=O) groups excluding carboxylic acids is 3. The number of ether oxygens (including phenoxy) is 4. The number of hydrogen-bond donors (Lipinski definition) is 1. The highest BCUT2D eigenvalue weighted by Crippen LogP contribution is 2.33. The number of aromatic nitrogens is 1. The maximum atomic E-state index is 12.8. The lowest BCUT2D eigenvalue weighted by Crippen LogP contribution is -2.42. The van der Waals surface area contributed by atoms with Gasteiger partial charge in [0, 0.05) is 25.3 Å². The molecule has 0 bridgehead atoms. The SMILES string of the molecule is COCC(=O)Oc1c(OC)ccnc1C(=O)N[C@@H](C)C(=O)OC1CCc2ccccc2C1C. The van der Waals surface area contributed by atoms with Crippen LogP contribution in [0, 0.1) is 0 Å². The number of pyridine rings is 1. The Labute approximate surface area is 192 Å². The minimum absolute atomic E-state index is 0.0497. The van der Waals surface area contributed by atoms with Crippen molar-refractivity contribution in [2.75, 3.05) is 20.8 Å². The van der Waals surface area contributed by atoms with E-state index in [0.717, 1.165) is 6.42 Å². The van der Waals surface area contributed by atoms with Crippen molar-refractivity contribution >= 4 is 17.8 Å². The van der Waals surface area contributed by atoms with E-state index in [1.54, 1.807) is 0 Å². The first kappa shape index (κ1) is 24.2. The summed E-state index contributed by atoms with van der Waals surface area (Å²) < 4.78 is 20.9. The van der Waals surface area contributed by atoms with Crippen molar-refractivity contribution in [1.82, 2.24) is 10.3 Å². The van der Waals surface area contributed by atoms with Gasteiger partial charge in [-0.05, 0) is 30.9 Å². The van der Waals surface area contributed by atoms with E-state index in [-0.39, 0.29) is 35.8 Å². The molecule has 2 unspecified atom stereocenters. The Morgan fingerprint density at radius 2 is 1.94 bits per heavy atom. The Morgan fingerprint density at radius 3 is 2.67 bits per heavy atom. The van der Waals surface area contributed by atoms with Crippen LogP contribution in [-0.4, -0.2) is 55.8 Å². The molecule has 0 saturated carbocycles. The van der Waals surface area contributed by atoms with Gasteiger partial charge in [-0.1, -0.05) is 31.2 Å². The molecule has 176 valence electrons. The zero-order valence-corrected chi connectivity index (χ0v) is 19.1. The predicted molar refractivity (Wildman–Crippen MR) is 118 cm³/mol. The van der Waals surface area contributed by atoms with Gasteiger partial charge in [-0.25, -0.2) is 14.6 Å².